The summed E-state index contributed by atoms with van der Waals surface area (Å²) in [4.78, 5) is 16.1. The number of nitrogens with zero attached hydrogens (tertiary/aromatic N) is 2. The quantitative estimate of drug-likeness (QED) is 0.927. The maximum Gasteiger partial charge on any atom is 0.223 e. The molecule has 1 N–H and O–H groups in total. The van der Waals surface area contributed by atoms with Gasteiger partial charge in [-0.3, -0.25) is 4.79 Å². The minimum Gasteiger partial charge on any atom is -0.366 e. The number of amides is 1. The molecule has 1 heterocycles. The third kappa shape index (κ3) is 4.70. The molecule has 122 valence electrons. The van der Waals surface area contributed by atoms with Crippen molar-refractivity contribution in [2.24, 2.45) is 0 Å². The van der Waals surface area contributed by atoms with Crippen LogP contribution in [0.1, 0.15) is 27.2 Å². The Hall–Kier alpha value is -1.62. The van der Waals surface area contributed by atoms with Gasteiger partial charge in [-0.25, -0.2) is 4.39 Å². The van der Waals surface area contributed by atoms with E-state index in [-0.39, 0.29) is 17.3 Å². The van der Waals surface area contributed by atoms with Crippen LogP contribution in [-0.2, 0) is 4.79 Å². The summed E-state index contributed by atoms with van der Waals surface area (Å²) >= 11 is 0. The number of benzene rings is 1. The minimum atomic E-state index is -0.198. The first kappa shape index (κ1) is 16.7. The van der Waals surface area contributed by atoms with Crippen LogP contribution >= 0.6 is 0 Å². The number of nitrogens with one attached hydrogen (secondary N) is 1. The summed E-state index contributed by atoms with van der Waals surface area (Å²) in [5.74, 6) is -0.0263. The van der Waals surface area contributed by atoms with E-state index in [4.69, 9.17) is 0 Å². The molecule has 0 atom stereocenters. The normalized spacial score (nSPS) is 16.0. The van der Waals surface area contributed by atoms with E-state index in [1.165, 1.54) is 6.07 Å². The molecule has 0 bridgehead atoms. The molecule has 0 aromatic heterocycles. The van der Waals surface area contributed by atoms with Crippen LogP contribution in [0.15, 0.2) is 24.3 Å². The Balaban J connectivity index is 1.79. The Labute approximate surface area is 132 Å². The van der Waals surface area contributed by atoms with E-state index in [1.54, 1.807) is 12.1 Å². The van der Waals surface area contributed by atoms with E-state index in [0.717, 1.165) is 0 Å². The molecule has 0 spiro atoms. The number of rotatable bonds is 4. The van der Waals surface area contributed by atoms with Crippen LogP contribution in [0.25, 0.3) is 0 Å². The summed E-state index contributed by atoms with van der Waals surface area (Å²) in [7, 11) is 0. The van der Waals surface area contributed by atoms with Gasteiger partial charge in [0.1, 0.15) is 5.82 Å². The molecule has 0 unspecified atom stereocenters. The number of hydrogen-bond donors (Lipinski definition) is 1. The van der Waals surface area contributed by atoms with E-state index in [0.29, 0.717) is 44.8 Å². The monoisotopic (exact) mass is 307 g/mol. The highest BCUT2D eigenvalue weighted by Gasteiger charge is 2.22. The van der Waals surface area contributed by atoms with Crippen molar-refractivity contribution in [3.8, 4) is 0 Å². The molecule has 4 nitrogen and oxygen atoms in total. The first-order chi connectivity index (χ1) is 10.4. The molecule has 1 aliphatic rings. The lowest BCUT2D eigenvalue weighted by atomic mass is 10.1. The third-order valence-electron chi connectivity index (χ3n) is 3.82. The summed E-state index contributed by atoms with van der Waals surface area (Å²) < 4.78 is 13.8. The second-order valence-corrected chi connectivity index (χ2v) is 6.75. The molecule has 0 radical (unpaired) electrons. The fourth-order valence-corrected chi connectivity index (χ4v) is 2.61. The average Bonchev–Trinajstić information content (AvgIpc) is 2.46. The van der Waals surface area contributed by atoms with Crippen LogP contribution in [0.3, 0.4) is 0 Å². The minimum absolute atomic E-state index is 0.0316. The Bertz CT molecular complexity index is 505. The lowest BCUT2D eigenvalue weighted by Crippen LogP contribution is -2.49. The summed E-state index contributed by atoms with van der Waals surface area (Å²) in [6, 6.07) is 6.81. The van der Waals surface area contributed by atoms with Gasteiger partial charge in [0.15, 0.2) is 0 Å². The molecule has 1 aromatic rings. The lowest BCUT2D eigenvalue weighted by molar-refractivity contribution is -0.131. The van der Waals surface area contributed by atoms with Crippen molar-refractivity contribution in [1.82, 2.24) is 10.2 Å². The number of carbonyl (C=O) groups is 1. The predicted octanol–water partition coefficient (Wildman–Crippen LogP) is 2.25. The molecule has 1 fully saturated rings. The maximum atomic E-state index is 13.8. The van der Waals surface area contributed by atoms with Gasteiger partial charge in [-0.15, -0.1) is 0 Å². The molecule has 1 amide bonds. The molecule has 1 aliphatic heterocycles. The Morgan fingerprint density at radius 2 is 1.82 bits per heavy atom. The van der Waals surface area contributed by atoms with Crippen LogP contribution in [0, 0.1) is 5.82 Å². The van der Waals surface area contributed by atoms with Crippen molar-refractivity contribution < 1.29 is 9.18 Å². The number of para-hydroxylation sites is 1. The molecular weight excluding hydrogens is 281 g/mol. The number of carbonyl (C=O) groups excluding carboxylic acids is 1. The van der Waals surface area contributed by atoms with E-state index in [2.05, 4.69) is 26.1 Å². The first-order valence-electron chi connectivity index (χ1n) is 7.89. The van der Waals surface area contributed by atoms with Crippen LogP contribution in [0.5, 0.6) is 0 Å². The molecule has 0 saturated carbocycles. The van der Waals surface area contributed by atoms with Crippen LogP contribution in [0.4, 0.5) is 10.1 Å². The van der Waals surface area contributed by atoms with E-state index in [1.807, 2.05) is 15.9 Å². The summed E-state index contributed by atoms with van der Waals surface area (Å²) in [5.41, 5.74) is 0.660. The zero-order valence-corrected chi connectivity index (χ0v) is 13.7. The SMILES string of the molecule is CC(C)(C)NCCC(=O)N1CCN(c2ccccc2F)CC1. The van der Waals surface area contributed by atoms with Crippen LogP contribution in [0.2, 0.25) is 0 Å². The number of piperazine rings is 1. The Morgan fingerprint density at radius 3 is 2.41 bits per heavy atom. The molecular formula is C17H26FN3O. The average molecular weight is 307 g/mol. The standard InChI is InChI=1S/C17H26FN3O/c1-17(2,3)19-9-8-16(22)21-12-10-20(11-13-21)15-7-5-4-6-14(15)18/h4-7,19H,8-13H2,1-3H3. The molecule has 1 saturated heterocycles. The van der Waals surface area contributed by atoms with Crippen molar-refractivity contribution >= 4 is 11.6 Å². The number of hydrogen-bond acceptors (Lipinski definition) is 3. The smallest absolute Gasteiger partial charge is 0.223 e. The third-order valence-corrected chi connectivity index (χ3v) is 3.82. The Morgan fingerprint density at radius 1 is 1.18 bits per heavy atom. The summed E-state index contributed by atoms with van der Waals surface area (Å²) in [5, 5.41) is 3.33. The van der Waals surface area contributed by atoms with Gasteiger partial charge < -0.3 is 15.1 Å². The van der Waals surface area contributed by atoms with Crippen molar-refractivity contribution in [1.29, 1.82) is 0 Å². The van der Waals surface area contributed by atoms with Gasteiger partial charge in [0.05, 0.1) is 5.69 Å². The van der Waals surface area contributed by atoms with Crippen molar-refractivity contribution in [2.75, 3.05) is 37.6 Å². The second-order valence-electron chi connectivity index (χ2n) is 6.75. The molecule has 1 aromatic carbocycles. The lowest BCUT2D eigenvalue weighted by Gasteiger charge is -2.36. The first-order valence-corrected chi connectivity index (χ1v) is 7.89. The van der Waals surface area contributed by atoms with E-state index >= 15 is 0 Å². The highest BCUT2D eigenvalue weighted by molar-refractivity contribution is 5.76. The van der Waals surface area contributed by atoms with Crippen molar-refractivity contribution in [3.63, 3.8) is 0 Å². The zero-order valence-electron chi connectivity index (χ0n) is 13.7. The topological polar surface area (TPSA) is 35.6 Å². The van der Waals surface area contributed by atoms with Gasteiger partial charge in [0.25, 0.3) is 0 Å². The van der Waals surface area contributed by atoms with Gasteiger partial charge in [0.2, 0.25) is 5.91 Å². The van der Waals surface area contributed by atoms with Crippen molar-refractivity contribution in [3.05, 3.63) is 30.1 Å². The highest BCUT2D eigenvalue weighted by atomic mass is 19.1. The summed E-state index contributed by atoms with van der Waals surface area (Å²) in [6.07, 6.45) is 0.511. The van der Waals surface area contributed by atoms with Crippen LogP contribution < -0.4 is 10.2 Å². The van der Waals surface area contributed by atoms with E-state index < -0.39 is 0 Å². The van der Waals surface area contributed by atoms with Gasteiger partial charge >= 0.3 is 0 Å². The zero-order chi connectivity index (χ0) is 16.2. The van der Waals surface area contributed by atoms with Gasteiger partial charge in [-0.05, 0) is 32.9 Å². The second kappa shape index (κ2) is 7.09. The fourth-order valence-electron chi connectivity index (χ4n) is 2.61. The largest absolute Gasteiger partial charge is 0.366 e. The fraction of sp³-hybridized carbons (Fsp3) is 0.588. The van der Waals surface area contributed by atoms with E-state index in [9.17, 15) is 9.18 Å². The molecule has 22 heavy (non-hydrogen) atoms. The number of anilines is 1. The highest BCUT2D eigenvalue weighted by Crippen LogP contribution is 2.20. The Kier molecular flexibility index (Phi) is 5.40. The molecule has 0 aliphatic carbocycles. The summed E-state index contributed by atoms with van der Waals surface area (Å²) in [6.45, 7) is 9.62. The van der Waals surface area contributed by atoms with Crippen LogP contribution in [-0.4, -0.2) is 49.1 Å². The maximum absolute atomic E-state index is 13.8. The molecule has 5 heteroatoms. The predicted molar refractivity (Wildman–Crippen MR) is 87.6 cm³/mol. The van der Waals surface area contributed by atoms with Gasteiger partial charge in [-0.2, -0.15) is 0 Å². The van der Waals surface area contributed by atoms with Gasteiger partial charge in [-0.1, -0.05) is 12.1 Å². The number of halogens is 1. The molecule has 2 rings (SSSR count). The van der Waals surface area contributed by atoms with Gasteiger partial charge in [0, 0.05) is 44.7 Å². The van der Waals surface area contributed by atoms with Crippen molar-refractivity contribution in [2.45, 2.75) is 32.7 Å².